The SMILES string of the molecule is CN=C(NCc1ccc([N+](=O)[O-])cc1)N1CCC2(CCCC2)C1. The molecule has 0 amide bonds. The molecule has 1 heterocycles. The quantitative estimate of drug-likeness (QED) is 0.403. The van der Waals surface area contributed by atoms with Gasteiger partial charge in [-0.05, 0) is 30.2 Å². The van der Waals surface area contributed by atoms with Crippen molar-refractivity contribution in [2.75, 3.05) is 20.1 Å². The molecule has 2 fully saturated rings. The molecule has 1 aromatic carbocycles. The highest BCUT2D eigenvalue weighted by molar-refractivity contribution is 5.80. The zero-order chi connectivity index (χ0) is 16.3. The summed E-state index contributed by atoms with van der Waals surface area (Å²) in [6, 6.07) is 6.67. The number of nitro benzene ring substituents is 1. The lowest BCUT2D eigenvalue weighted by Gasteiger charge is -2.26. The number of nitrogens with zero attached hydrogens (tertiary/aromatic N) is 3. The average Bonchev–Trinajstić information content (AvgIpc) is 3.19. The molecule has 23 heavy (non-hydrogen) atoms. The number of hydrogen-bond donors (Lipinski definition) is 1. The number of likely N-dealkylation sites (tertiary alicyclic amines) is 1. The largest absolute Gasteiger partial charge is 0.352 e. The number of hydrogen-bond acceptors (Lipinski definition) is 3. The van der Waals surface area contributed by atoms with Crippen LogP contribution in [-0.4, -0.2) is 35.9 Å². The summed E-state index contributed by atoms with van der Waals surface area (Å²) in [6.45, 7) is 2.81. The second-order valence-electron chi connectivity index (χ2n) is 6.70. The Balaban J connectivity index is 1.57. The van der Waals surface area contributed by atoms with Crippen molar-refractivity contribution < 1.29 is 4.92 Å². The Bertz CT molecular complexity index is 591. The minimum absolute atomic E-state index is 0.126. The molecule has 0 radical (unpaired) electrons. The van der Waals surface area contributed by atoms with Crippen molar-refractivity contribution in [2.24, 2.45) is 10.4 Å². The molecule has 0 atom stereocenters. The van der Waals surface area contributed by atoms with Gasteiger partial charge in [-0.2, -0.15) is 0 Å². The smallest absolute Gasteiger partial charge is 0.269 e. The van der Waals surface area contributed by atoms with Gasteiger partial charge in [-0.25, -0.2) is 0 Å². The number of nitro groups is 1. The van der Waals surface area contributed by atoms with E-state index in [0.29, 0.717) is 12.0 Å². The lowest BCUT2D eigenvalue weighted by Crippen LogP contribution is -2.40. The minimum Gasteiger partial charge on any atom is -0.352 e. The topological polar surface area (TPSA) is 70.8 Å². The lowest BCUT2D eigenvalue weighted by atomic mass is 9.86. The predicted molar refractivity (Wildman–Crippen MR) is 90.4 cm³/mol. The van der Waals surface area contributed by atoms with Crippen molar-refractivity contribution in [1.82, 2.24) is 10.2 Å². The highest BCUT2D eigenvalue weighted by Crippen LogP contribution is 2.45. The minimum atomic E-state index is -0.374. The van der Waals surface area contributed by atoms with Crippen LogP contribution in [0.3, 0.4) is 0 Å². The maximum absolute atomic E-state index is 10.7. The number of guanidine groups is 1. The van der Waals surface area contributed by atoms with Crippen LogP contribution in [0.15, 0.2) is 29.3 Å². The Kier molecular flexibility index (Phi) is 4.50. The standard InChI is InChI=1S/C17H24N4O2/c1-18-16(20-11-10-17(13-20)8-2-3-9-17)19-12-14-4-6-15(7-5-14)21(22)23/h4-7H,2-3,8-13H2,1H3,(H,18,19). The third-order valence-corrected chi connectivity index (χ3v) is 5.21. The van der Waals surface area contributed by atoms with Gasteiger partial charge in [-0.15, -0.1) is 0 Å². The molecule has 6 nitrogen and oxygen atoms in total. The van der Waals surface area contributed by atoms with Gasteiger partial charge in [0.25, 0.3) is 5.69 Å². The molecule has 1 saturated heterocycles. The normalized spacial score (nSPS) is 20.2. The van der Waals surface area contributed by atoms with Crippen LogP contribution < -0.4 is 5.32 Å². The molecule has 1 spiro atoms. The summed E-state index contributed by atoms with van der Waals surface area (Å²) >= 11 is 0. The Morgan fingerprint density at radius 3 is 2.61 bits per heavy atom. The monoisotopic (exact) mass is 316 g/mol. The number of nitrogens with one attached hydrogen (secondary N) is 1. The number of benzene rings is 1. The lowest BCUT2D eigenvalue weighted by molar-refractivity contribution is -0.384. The fourth-order valence-corrected chi connectivity index (χ4v) is 3.90. The zero-order valence-corrected chi connectivity index (χ0v) is 13.6. The third kappa shape index (κ3) is 3.46. The highest BCUT2D eigenvalue weighted by Gasteiger charge is 2.40. The van der Waals surface area contributed by atoms with E-state index in [0.717, 1.165) is 24.6 Å². The number of aliphatic imine (C=N–C) groups is 1. The Labute approximate surface area is 136 Å². The summed E-state index contributed by atoms with van der Waals surface area (Å²) in [5.41, 5.74) is 1.66. The van der Waals surface area contributed by atoms with E-state index in [4.69, 9.17) is 0 Å². The van der Waals surface area contributed by atoms with Crippen LogP contribution in [0.1, 0.15) is 37.7 Å². The van der Waals surface area contributed by atoms with Gasteiger partial charge < -0.3 is 10.2 Å². The maximum atomic E-state index is 10.7. The van der Waals surface area contributed by atoms with E-state index in [2.05, 4.69) is 15.2 Å². The third-order valence-electron chi connectivity index (χ3n) is 5.21. The van der Waals surface area contributed by atoms with E-state index < -0.39 is 0 Å². The van der Waals surface area contributed by atoms with Gasteiger partial charge in [0.15, 0.2) is 5.96 Å². The molecule has 0 bridgehead atoms. The highest BCUT2D eigenvalue weighted by atomic mass is 16.6. The fraction of sp³-hybridized carbons (Fsp3) is 0.588. The van der Waals surface area contributed by atoms with Gasteiger partial charge in [-0.3, -0.25) is 15.1 Å². The predicted octanol–water partition coefficient (Wildman–Crippen LogP) is 2.94. The average molecular weight is 316 g/mol. The Morgan fingerprint density at radius 2 is 2.00 bits per heavy atom. The van der Waals surface area contributed by atoms with Crippen molar-refractivity contribution >= 4 is 11.6 Å². The summed E-state index contributed by atoms with van der Waals surface area (Å²) in [7, 11) is 1.82. The van der Waals surface area contributed by atoms with E-state index >= 15 is 0 Å². The van der Waals surface area contributed by atoms with Crippen molar-refractivity contribution in [1.29, 1.82) is 0 Å². The molecule has 1 N–H and O–H groups in total. The van der Waals surface area contributed by atoms with Crippen LogP contribution in [0.2, 0.25) is 0 Å². The second-order valence-corrected chi connectivity index (χ2v) is 6.70. The van der Waals surface area contributed by atoms with E-state index in [1.165, 1.54) is 32.1 Å². The summed E-state index contributed by atoms with van der Waals surface area (Å²) in [6.07, 6.45) is 6.70. The van der Waals surface area contributed by atoms with Crippen LogP contribution in [0.5, 0.6) is 0 Å². The Morgan fingerprint density at radius 1 is 1.30 bits per heavy atom. The van der Waals surface area contributed by atoms with Crippen LogP contribution in [0, 0.1) is 15.5 Å². The molecule has 0 unspecified atom stereocenters. The number of non-ortho nitro benzene ring substituents is 1. The van der Waals surface area contributed by atoms with Crippen molar-refractivity contribution in [3.63, 3.8) is 0 Å². The summed E-state index contributed by atoms with van der Waals surface area (Å²) in [5, 5.41) is 14.1. The number of rotatable bonds is 3. The first-order valence-electron chi connectivity index (χ1n) is 8.31. The van der Waals surface area contributed by atoms with Crippen LogP contribution >= 0.6 is 0 Å². The molecule has 6 heteroatoms. The van der Waals surface area contributed by atoms with Gasteiger partial charge in [0.05, 0.1) is 4.92 Å². The van der Waals surface area contributed by atoms with Gasteiger partial charge in [0.2, 0.25) is 0 Å². The van der Waals surface area contributed by atoms with Crippen molar-refractivity contribution in [3.8, 4) is 0 Å². The Hall–Kier alpha value is -2.11. The van der Waals surface area contributed by atoms with Crippen LogP contribution in [0.25, 0.3) is 0 Å². The molecule has 1 aliphatic heterocycles. The second kappa shape index (κ2) is 6.56. The molecule has 124 valence electrons. The molecule has 1 aromatic rings. The molecule has 2 aliphatic rings. The molecule has 1 saturated carbocycles. The van der Waals surface area contributed by atoms with E-state index in [9.17, 15) is 10.1 Å². The first-order chi connectivity index (χ1) is 11.1. The van der Waals surface area contributed by atoms with E-state index in [1.54, 1.807) is 24.3 Å². The molecule has 0 aromatic heterocycles. The van der Waals surface area contributed by atoms with Gasteiger partial charge in [-0.1, -0.05) is 25.0 Å². The van der Waals surface area contributed by atoms with Crippen LogP contribution in [-0.2, 0) is 6.54 Å². The molecular weight excluding hydrogens is 292 g/mol. The molecular formula is C17H24N4O2. The van der Waals surface area contributed by atoms with Crippen LogP contribution in [0.4, 0.5) is 5.69 Å². The van der Waals surface area contributed by atoms with Gasteiger partial charge >= 0.3 is 0 Å². The summed E-state index contributed by atoms with van der Waals surface area (Å²) in [5.74, 6) is 0.937. The first kappa shape index (κ1) is 15.8. The van der Waals surface area contributed by atoms with E-state index in [1.807, 2.05) is 7.05 Å². The van der Waals surface area contributed by atoms with Crippen molar-refractivity contribution in [2.45, 2.75) is 38.6 Å². The zero-order valence-electron chi connectivity index (χ0n) is 13.6. The molecule has 3 rings (SSSR count). The summed E-state index contributed by atoms with van der Waals surface area (Å²) < 4.78 is 0. The maximum Gasteiger partial charge on any atom is 0.269 e. The fourth-order valence-electron chi connectivity index (χ4n) is 3.90. The van der Waals surface area contributed by atoms with Gasteiger partial charge in [0, 0.05) is 38.8 Å². The van der Waals surface area contributed by atoms with Crippen molar-refractivity contribution in [3.05, 3.63) is 39.9 Å². The molecule has 1 aliphatic carbocycles. The summed E-state index contributed by atoms with van der Waals surface area (Å²) in [4.78, 5) is 17.1. The first-order valence-corrected chi connectivity index (χ1v) is 8.31. The van der Waals surface area contributed by atoms with E-state index in [-0.39, 0.29) is 10.6 Å². The van der Waals surface area contributed by atoms with Gasteiger partial charge in [0.1, 0.15) is 0 Å².